The Hall–Kier alpha value is -5.80. The van der Waals surface area contributed by atoms with E-state index in [2.05, 4.69) is 180 Å². The Morgan fingerprint density at radius 1 is 0.326 bits per heavy atom. The van der Waals surface area contributed by atoms with E-state index in [9.17, 15) is 0 Å². The molecule has 8 rings (SSSR count). The lowest BCUT2D eigenvalue weighted by Gasteiger charge is -2.33. The Morgan fingerprint density at radius 2 is 0.674 bits per heavy atom. The van der Waals surface area contributed by atoms with Crippen molar-refractivity contribution in [2.75, 3.05) is 9.80 Å². The molecule has 0 saturated carbocycles. The molecular formula is C40H28N2O. The SMILES string of the molecule is c1ccc(N(c2ccccc2)c2cc3oc4cc5ccccc5cc4c3cc2N(c2ccccc2)c2ccccc2)cc1. The number of benzene rings is 7. The van der Waals surface area contributed by atoms with Crippen molar-refractivity contribution in [1.29, 1.82) is 0 Å². The van der Waals surface area contributed by atoms with E-state index in [0.717, 1.165) is 56.1 Å². The van der Waals surface area contributed by atoms with Crippen LogP contribution in [-0.2, 0) is 0 Å². The summed E-state index contributed by atoms with van der Waals surface area (Å²) in [6, 6.07) is 59.6. The lowest BCUT2D eigenvalue weighted by atomic mass is 10.0. The standard InChI is InChI=1S/C40H28N2O/c1-5-17-31(18-6-1)41(32-19-7-2-8-20-32)37-27-36-35-25-29-15-13-14-16-30(29)26-39(35)43-40(36)28-38(37)42(33-21-9-3-10-22-33)34-23-11-4-12-24-34/h1-28H. The smallest absolute Gasteiger partial charge is 0.137 e. The van der Waals surface area contributed by atoms with Gasteiger partial charge in [-0.25, -0.2) is 0 Å². The highest BCUT2D eigenvalue weighted by molar-refractivity contribution is 6.13. The van der Waals surface area contributed by atoms with Gasteiger partial charge in [0.05, 0.1) is 11.4 Å². The Morgan fingerprint density at radius 3 is 1.14 bits per heavy atom. The summed E-state index contributed by atoms with van der Waals surface area (Å²) in [5.41, 5.74) is 8.09. The second-order valence-corrected chi connectivity index (χ2v) is 10.6. The molecule has 1 aromatic heterocycles. The van der Waals surface area contributed by atoms with E-state index in [0.29, 0.717) is 0 Å². The number of hydrogen-bond donors (Lipinski definition) is 0. The van der Waals surface area contributed by atoms with Crippen molar-refractivity contribution < 1.29 is 4.42 Å². The van der Waals surface area contributed by atoms with Crippen molar-refractivity contribution >= 4 is 66.8 Å². The van der Waals surface area contributed by atoms with Crippen molar-refractivity contribution in [3.05, 3.63) is 170 Å². The van der Waals surface area contributed by atoms with Gasteiger partial charge < -0.3 is 14.2 Å². The summed E-state index contributed by atoms with van der Waals surface area (Å²) in [7, 11) is 0. The Labute approximate surface area is 250 Å². The highest BCUT2D eigenvalue weighted by Crippen LogP contribution is 2.48. The average Bonchev–Trinajstić information content (AvgIpc) is 3.42. The number of furan rings is 1. The van der Waals surface area contributed by atoms with Crippen molar-refractivity contribution in [3.8, 4) is 0 Å². The van der Waals surface area contributed by atoms with E-state index in [-0.39, 0.29) is 0 Å². The first-order valence-electron chi connectivity index (χ1n) is 14.5. The van der Waals surface area contributed by atoms with Gasteiger partial charge >= 0.3 is 0 Å². The van der Waals surface area contributed by atoms with Gasteiger partial charge in [-0.1, -0.05) is 97.1 Å². The Kier molecular flexibility index (Phi) is 6.12. The molecule has 0 aliphatic heterocycles. The second kappa shape index (κ2) is 10.6. The van der Waals surface area contributed by atoms with E-state index in [1.807, 2.05) is 0 Å². The molecule has 7 aromatic carbocycles. The van der Waals surface area contributed by atoms with Crippen LogP contribution in [0.25, 0.3) is 32.7 Å². The molecular weight excluding hydrogens is 524 g/mol. The van der Waals surface area contributed by atoms with Crippen LogP contribution in [0.2, 0.25) is 0 Å². The first-order chi connectivity index (χ1) is 21.3. The molecule has 0 saturated heterocycles. The number of rotatable bonds is 6. The van der Waals surface area contributed by atoms with Gasteiger partial charge in [-0.15, -0.1) is 0 Å². The molecule has 3 nitrogen and oxygen atoms in total. The highest BCUT2D eigenvalue weighted by Gasteiger charge is 2.24. The van der Waals surface area contributed by atoms with Crippen molar-refractivity contribution in [2.45, 2.75) is 0 Å². The van der Waals surface area contributed by atoms with E-state index < -0.39 is 0 Å². The van der Waals surface area contributed by atoms with Gasteiger partial charge in [0.15, 0.2) is 0 Å². The molecule has 0 fully saturated rings. The zero-order valence-corrected chi connectivity index (χ0v) is 23.5. The van der Waals surface area contributed by atoms with E-state index in [1.165, 1.54) is 10.8 Å². The minimum atomic E-state index is 0.849. The van der Waals surface area contributed by atoms with Crippen LogP contribution in [0.15, 0.2) is 174 Å². The number of hydrogen-bond acceptors (Lipinski definition) is 3. The molecule has 3 heteroatoms. The van der Waals surface area contributed by atoms with Gasteiger partial charge in [0.25, 0.3) is 0 Å². The van der Waals surface area contributed by atoms with Crippen molar-refractivity contribution in [2.24, 2.45) is 0 Å². The fourth-order valence-corrected chi connectivity index (χ4v) is 6.01. The molecule has 0 radical (unpaired) electrons. The van der Waals surface area contributed by atoms with E-state index in [4.69, 9.17) is 4.42 Å². The summed E-state index contributed by atoms with van der Waals surface area (Å²) in [4.78, 5) is 4.66. The molecule has 0 spiro atoms. The molecule has 0 N–H and O–H groups in total. The number of fused-ring (bicyclic) bond motifs is 4. The van der Waals surface area contributed by atoms with Crippen LogP contribution in [0, 0.1) is 0 Å². The summed E-state index contributed by atoms with van der Waals surface area (Å²) < 4.78 is 6.62. The predicted octanol–water partition coefficient (Wildman–Crippen LogP) is 11.7. The maximum Gasteiger partial charge on any atom is 0.137 e. The van der Waals surface area contributed by atoms with Crippen molar-refractivity contribution in [1.82, 2.24) is 0 Å². The summed E-state index contributed by atoms with van der Waals surface area (Å²) in [5.74, 6) is 0. The molecule has 43 heavy (non-hydrogen) atoms. The molecule has 0 bridgehead atoms. The van der Waals surface area contributed by atoms with Crippen LogP contribution in [0.5, 0.6) is 0 Å². The van der Waals surface area contributed by atoms with Crippen LogP contribution in [-0.4, -0.2) is 0 Å². The third kappa shape index (κ3) is 4.48. The molecule has 8 aromatic rings. The largest absolute Gasteiger partial charge is 0.456 e. The second-order valence-electron chi connectivity index (χ2n) is 10.6. The Balaban J connectivity index is 1.49. The molecule has 0 aliphatic rings. The summed E-state index contributed by atoms with van der Waals surface area (Å²) in [6.07, 6.45) is 0. The van der Waals surface area contributed by atoms with Gasteiger partial charge in [0.2, 0.25) is 0 Å². The van der Waals surface area contributed by atoms with Gasteiger partial charge in [0, 0.05) is 39.6 Å². The lowest BCUT2D eigenvalue weighted by molar-refractivity contribution is 0.669. The first kappa shape index (κ1) is 25.0. The molecule has 1 heterocycles. The molecule has 0 amide bonds. The van der Waals surface area contributed by atoms with Crippen LogP contribution >= 0.6 is 0 Å². The van der Waals surface area contributed by atoms with Gasteiger partial charge in [-0.05, 0) is 77.5 Å². The number of para-hydroxylation sites is 4. The lowest BCUT2D eigenvalue weighted by Crippen LogP contribution is -2.17. The molecule has 0 unspecified atom stereocenters. The number of anilines is 6. The third-order valence-electron chi connectivity index (χ3n) is 7.97. The summed E-state index contributed by atoms with van der Waals surface area (Å²) in [6.45, 7) is 0. The van der Waals surface area contributed by atoms with Gasteiger partial charge in [0.1, 0.15) is 11.2 Å². The normalized spacial score (nSPS) is 11.3. The van der Waals surface area contributed by atoms with E-state index in [1.54, 1.807) is 0 Å². The topological polar surface area (TPSA) is 19.6 Å². The molecule has 0 atom stereocenters. The third-order valence-corrected chi connectivity index (χ3v) is 7.97. The quantitative estimate of drug-likeness (QED) is 0.205. The van der Waals surface area contributed by atoms with E-state index >= 15 is 0 Å². The van der Waals surface area contributed by atoms with Crippen molar-refractivity contribution in [3.63, 3.8) is 0 Å². The zero-order valence-electron chi connectivity index (χ0n) is 23.5. The maximum absolute atomic E-state index is 6.62. The predicted molar refractivity (Wildman–Crippen MR) is 181 cm³/mol. The van der Waals surface area contributed by atoms with Gasteiger partial charge in [-0.2, -0.15) is 0 Å². The summed E-state index contributed by atoms with van der Waals surface area (Å²) in [5, 5.41) is 4.55. The fraction of sp³-hybridized carbons (Fsp3) is 0. The highest BCUT2D eigenvalue weighted by atomic mass is 16.3. The zero-order chi connectivity index (χ0) is 28.6. The average molecular weight is 553 g/mol. The number of nitrogens with zero attached hydrogens (tertiary/aromatic N) is 2. The Bertz CT molecular complexity index is 2090. The minimum absolute atomic E-state index is 0.849. The molecule has 204 valence electrons. The van der Waals surface area contributed by atoms with Gasteiger partial charge in [-0.3, -0.25) is 0 Å². The first-order valence-corrected chi connectivity index (χ1v) is 14.5. The van der Waals surface area contributed by atoms with Crippen LogP contribution in [0.1, 0.15) is 0 Å². The van der Waals surface area contributed by atoms with Crippen LogP contribution in [0.3, 0.4) is 0 Å². The van der Waals surface area contributed by atoms with Crippen LogP contribution in [0.4, 0.5) is 34.1 Å². The fourth-order valence-electron chi connectivity index (χ4n) is 6.01. The minimum Gasteiger partial charge on any atom is -0.456 e. The maximum atomic E-state index is 6.62. The summed E-state index contributed by atoms with van der Waals surface area (Å²) >= 11 is 0. The van der Waals surface area contributed by atoms with Crippen LogP contribution < -0.4 is 9.80 Å². The molecule has 0 aliphatic carbocycles. The monoisotopic (exact) mass is 552 g/mol.